The van der Waals surface area contributed by atoms with Crippen LogP contribution >= 0.6 is 0 Å². The summed E-state index contributed by atoms with van der Waals surface area (Å²) in [5.74, 6) is 0.354. The summed E-state index contributed by atoms with van der Waals surface area (Å²) in [5.41, 5.74) is 1.78. The van der Waals surface area contributed by atoms with Crippen molar-refractivity contribution in [1.29, 1.82) is 0 Å². The Labute approximate surface area is 101 Å². The van der Waals surface area contributed by atoms with Crippen molar-refractivity contribution in [2.75, 3.05) is 11.9 Å². The van der Waals surface area contributed by atoms with Gasteiger partial charge in [-0.3, -0.25) is 0 Å². The van der Waals surface area contributed by atoms with Gasteiger partial charge in [0.25, 0.3) is 0 Å². The molecule has 4 heteroatoms. The molecule has 4 nitrogen and oxygen atoms in total. The van der Waals surface area contributed by atoms with Gasteiger partial charge in [0.05, 0.1) is 30.0 Å². The van der Waals surface area contributed by atoms with E-state index in [9.17, 15) is 5.11 Å². The zero-order valence-corrected chi connectivity index (χ0v) is 10.1. The average Bonchev–Trinajstić information content (AvgIpc) is 2.35. The Morgan fingerprint density at radius 3 is 2.76 bits per heavy atom. The van der Waals surface area contributed by atoms with Gasteiger partial charge >= 0.3 is 0 Å². The summed E-state index contributed by atoms with van der Waals surface area (Å²) >= 11 is 0. The number of aromatic nitrogens is 2. The average molecular weight is 231 g/mol. The molecule has 2 rings (SSSR count). The Morgan fingerprint density at radius 2 is 2.06 bits per heavy atom. The topological polar surface area (TPSA) is 58.0 Å². The lowest BCUT2D eigenvalue weighted by molar-refractivity contribution is 0.249. The van der Waals surface area contributed by atoms with E-state index in [0.717, 1.165) is 16.6 Å². The maximum atomic E-state index is 9.33. The molecular formula is C13H17N3O. The first-order valence-electron chi connectivity index (χ1n) is 5.80. The molecule has 0 radical (unpaired) electrons. The van der Waals surface area contributed by atoms with E-state index in [0.29, 0.717) is 5.92 Å². The zero-order valence-electron chi connectivity index (χ0n) is 10.1. The number of aliphatic hydroxyl groups is 1. The van der Waals surface area contributed by atoms with Crippen molar-refractivity contribution in [2.24, 2.45) is 5.92 Å². The number of nitrogens with one attached hydrogen (secondary N) is 1. The van der Waals surface area contributed by atoms with Crippen molar-refractivity contribution in [3.05, 3.63) is 30.5 Å². The Morgan fingerprint density at radius 1 is 1.29 bits per heavy atom. The van der Waals surface area contributed by atoms with Crippen molar-refractivity contribution >= 4 is 16.6 Å². The van der Waals surface area contributed by atoms with Crippen LogP contribution < -0.4 is 5.32 Å². The van der Waals surface area contributed by atoms with Gasteiger partial charge in [0.2, 0.25) is 0 Å². The van der Waals surface area contributed by atoms with Crippen LogP contribution in [-0.4, -0.2) is 28.0 Å². The van der Waals surface area contributed by atoms with Crippen LogP contribution in [0.15, 0.2) is 30.5 Å². The predicted molar refractivity (Wildman–Crippen MR) is 68.9 cm³/mol. The quantitative estimate of drug-likeness (QED) is 0.845. The number of rotatable bonds is 4. The second-order valence-electron chi connectivity index (χ2n) is 4.45. The lowest BCUT2D eigenvalue weighted by Gasteiger charge is -2.21. The van der Waals surface area contributed by atoms with E-state index in [4.69, 9.17) is 0 Å². The van der Waals surface area contributed by atoms with Gasteiger partial charge in [-0.15, -0.1) is 0 Å². The van der Waals surface area contributed by atoms with Crippen LogP contribution in [0.2, 0.25) is 0 Å². The van der Waals surface area contributed by atoms with Gasteiger partial charge in [-0.25, -0.2) is 0 Å². The van der Waals surface area contributed by atoms with Crippen LogP contribution in [0, 0.1) is 5.92 Å². The molecule has 90 valence electrons. The Kier molecular flexibility index (Phi) is 3.54. The summed E-state index contributed by atoms with van der Waals surface area (Å²) in [6.45, 7) is 4.25. The van der Waals surface area contributed by atoms with Crippen molar-refractivity contribution < 1.29 is 5.11 Å². The molecule has 2 aromatic rings. The Bertz CT molecular complexity index is 493. The number of hydrogen-bond donors (Lipinski definition) is 2. The van der Waals surface area contributed by atoms with Crippen molar-refractivity contribution in [3.63, 3.8) is 0 Å². The second kappa shape index (κ2) is 5.10. The van der Waals surface area contributed by atoms with E-state index < -0.39 is 0 Å². The third-order valence-corrected chi connectivity index (χ3v) is 2.89. The van der Waals surface area contributed by atoms with Crippen LogP contribution in [0.4, 0.5) is 5.69 Å². The summed E-state index contributed by atoms with van der Waals surface area (Å²) in [6, 6.07) is 7.87. The predicted octanol–water partition coefficient (Wildman–Crippen LogP) is 2.06. The minimum atomic E-state index is 0.0302. The van der Waals surface area contributed by atoms with Crippen molar-refractivity contribution in [1.82, 2.24) is 10.2 Å². The molecule has 0 aliphatic carbocycles. The third kappa shape index (κ3) is 2.53. The van der Waals surface area contributed by atoms with E-state index in [1.807, 2.05) is 24.3 Å². The van der Waals surface area contributed by atoms with Crippen molar-refractivity contribution in [3.8, 4) is 0 Å². The van der Waals surface area contributed by atoms with E-state index in [1.54, 1.807) is 6.20 Å². The highest BCUT2D eigenvalue weighted by Gasteiger charge is 2.13. The van der Waals surface area contributed by atoms with E-state index in [1.165, 1.54) is 0 Å². The third-order valence-electron chi connectivity index (χ3n) is 2.89. The normalized spacial score (nSPS) is 12.9. The molecule has 0 saturated heterocycles. The standard InChI is InChI=1S/C13H17N3O/c1-9(2)13(8-17)15-12-7-14-16-11-6-4-3-5-10(11)12/h3-7,9,13,17H,8H2,1-2H3,(H,15,16). The van der Waals surface area contributed by atoms with Crippen LogP contribution in [0.25, 0.3) is 10.9 Å². The van der Waals surface area contributed by atoms with Gasteiger partial charge in [-0.1, -0.05) is 32.0 Å². The Balaban J connectivity index is 2.35. The summed E-state index contributed by atoms with van der Waals surface area (Å²) in [6.07, 6.45) is 1.70. The summed E-state index contributed by atoms with van der Waals surface area (Å²) in [7, 11) is 0. The maximum Gasteiger partial charge on any atom is 0.0950 e. The van der Waals surface area contributed by atoms with Crippen LogP contribution in [0.3, 0.4) is 0 Å². The van der Waals surface area contributed by atoms with Crippen LogP contribution in [-0.2, 0) is 0 Å². The molecule has 0 bridgehead atoms. The lowest BCUT2D eigenvalue weighted by Crippen LogP contribution is -2.29. The van der Waals surface area contributed by atoms with Crippen molar-refractivity contribution in [2.45, 2.75) is 19.9 Å². The Hall–Kier alpha value is -1.68. The molecule has 1 aromatic heterocycles. The smallest absolute Gasteiger partial charge is 0.0950 e. The molecule has 0 amide bonds. The number of fused-ring (bicyclic) bond motifs is 1. The number of aliphatic hydroxyl groups excluding tert-OH is 1. The second-order valence-corrected chi connectivity index (χ2v) is 4.45. The van der Waals surface area contributed by atoms with Gasteiger partial charge < -0.3 is 10.4 Å². The fourth-order valence-electron chi connectivity index (χ4n) is 1.74. The molecular weight excluding hydrogens is 214 g/mol. The monoisotopic (exact) mass is 231 g/mol. The zero-order chi connectivity index (χ0) is 12.3. The van der Waals surface area contributed by atoms with Gasteiger partial charge in [0.15, 0.2) is 0 Å². The molecule has 1 atom stereocenters. The molecule has 1 aromatic carbocycles. The minimum absolute atomic E-state index is 0.0302. The molecule has 2 N–H and O–H groups in total. The molecule has 1 unspecified atom stereocenters. The summed E-state index contributed by atoms with van der Waals surface area (Å²) in [4.78, 5) is 0. The first-order valence-corrected chi connectivity index (χ1v) is 5.80. The molecule has 0 aliphatic heterocycles. The SMILES string of the molecule is CC(C)C(CO)Nc1cnnc2ccccc12. The number of benzene rings is 1. The first kappa shape index (κ1) is 11.8. The van der Waals surface area contributed by atoms with Gasteiger partial charge in [0.1, 0.15) is 0 Å². The summed E-state index contributed by atoms with van der Waals surface area (Å²) < 4.78 is 0. The number of nitrogens with zero attached hydrogens (tertiary/aromatic N) is 2. The minimum Gasteiger partial charge on any atom is -0.394 e. The largest absolute Gasteiger partial charge is 0.394 e. The molecule has 0 saturated carbocycles. The number of anilines is 1. The van der Waals surface area contributed by atoms with E-state index in [2.05, 4.69) is 29.4 Å². The van der Waals surface area contributed by atoms with E-state index >= 15 is 0 Å². The molecule has 0 aliphatic rings. The van der Waals surface area contributed by atoms with Crippen LogP contribution in [0.1, 0.15) is 13.8 Å². The van der Waals surface area contributed by atoms with Gasteiger partial charge in [0, 0.05) is 5.39 Å². The molecule has 0 fully saturated rings. The highest BCUT2D eigenvalue weighted by molar-refractivity contribution is 5.90. The fourth-order valence-corrected chi connectivity index (χ4v) is 1.74. The fraction of sp³-hybridized carbons (Fsp3) is 0.385. The molecule has 0 spiro atoms. The van der Waals surface area contributed by atoms with E-state index in [-0.39, 0.29) is 12.6 Å². The highest BCUT2D eigenvalue weighted by atomic mass is 16.3. The lowest BCUT2D eigenvalue weighted by atomic mass is 10.0. The van der Waals surface area contributed by atoms with Gasteiger partial charge in [-0.05, 0) is 12.0 Å². The highest BCUT2D eigenvalue weighted by Crippen LogP contribution is 2.21. The molecule has 1 heterocycles. The molecule has 17 heavy (non-hydrogen) atoms. The van der Waals surface area contributed by atoms with Crippen LogP contribution in [0.5, 0.6) is 0 Å². The number of hydrogen-bond acceptors (Lipinski definition) is 4. The van der Waals surface area contributed by atoms with Gasteiger partial charge in [-0.2, -0.15) is 10.2 Å². The maximum absolute atomic E-state index is 9.33. The first-order chi connectivity index (χ1) is 8.22. The summed E-state index contributed by atoms with van der Waals surface area (Å²) in [5, 5.41) is 21.7.